The number of aromatic nitrogens is 2. The summed E-state index contributed by atoms with van der Waals surface area (Å²) in [6, 6.07) is 5.56. The first-order chi connectivity index (χ1) is 6.22. The molecule has 0 aromatic carbocycles. The average molecular weight is 192 g/mol. The van der Waals surface area contributed by atoms with E-state index < -0.39 is 0 Å². The maximum absolute atomic E-state index is 8.83. The van der Waals surface area contributed by atoms with Crippen LogP contribution in [0.25, 0.3) is 5.65 Å². The smallest absolute Gasteiger partial charge is 0.147 e. The number of rotatable bonds is 0. The predicted octanol–water partition coefficient (Wildman–Crippen LogP) is 2.17. The van der Waals surface area contributed by atoms with Crippen molar-refractivity contribution in [2.45, 2.75) is 6.92 Å². The quantitative estimate of drug-likeness (QED) is 0.641. The number of nitriles is 1. The van der Waals surface area contributed by atoms with E-state index in [9.17, 15) is 0 Å². The molecule has 0 radical (unpaired) electrons. The van der Waals surface area contributed by atoms with E-state index in [2.05, 4.69) is 11.1 Å². The van der Waals surface area contributed by atoms with Gasteiger partial charge in [-0.1, -0.05) is 11.6 Å². The number of hydrogen-bond acceptors (Lipinski definition) is 2. The highest BCUT2D eigenvalue weighted by Gasteiger charge is 2.06. The maximum Gasteiger partial charge on any atom is 0.147 e. The van der Waals surface area contributed by atoms with Crippen LogP contribution in [-0.2, 0) is 0 Å². The largest absolute Gasteiger partial charge is 0.291 e. The van der Waals surface area contributed by atoms with Crippen LogP contribution in [0.15, 0.2) is 18.3 Å². The predicted molar refractivity (Wildman–Crippen MR) is 49.7 cm³/mol. The summed E-state index contributed by atoms with van der Waals surface area (Å²) in [7, 11) is 0. The van der Waals surface area contributed by atoms with Crippen molar-refractivity contribution in [1.29, 1.82) is 5.26 Å². The molecule has 0 fully saturated rings. The molecule has 0 aliphatic carbocycles. The highest BCUT2D eigenvalue weighted by Crippen LogP contribution is 2.15. The number of hydrogen-bond donors (Lipinski definition) is 0. The van der Waals surface area contributed by atoms with Crippen molar-refractivity contribution in [2.24, 2.45) is 0 Å². The van der Waals surface area contributed by atoms with Crippen LogP contribution in [0.5, 0.6) is 0 Å². The Morgan fingerprint density at radius 1 is 1.62 bits per heavy atom. The van der Waals surface area contributed by atoms with Gasteiger partial charge in [0.05, 0.1) is 5.69 Å². The molecule has 0 spiro atoms. The Bertz CT molecular complexity index is 507. The SMILES string of the molecule is Cc1nc2cc(Cl)ccn2c1C#N. The molecule has 3 nitrogen and oxygen atoms in total. The Morgan fingerprint density at radius 2 is 2.38 bits per heavy atom. The number of pyridine rings is 1. The van der Waals surface area contributed by atoms with Crippen LogP contribution >= 0.6 is 11.6 Å². The van der Waals surface area contributed by atoms with Gasteiger partial charge in [-0.05, 0) is 13.0 Å². The van der Waals surface area contributed by atoms with Crippen LogP contribution in [0.1, 0.15) is 11.4 Å². The second-order valence-corrected chi connectivity index (χ2v) is 3.17. The minimum Gasteiger partial charge on any atom is -0.291 e. The van der Waals surface area contributed by atoms with Crippen molar-refractivity contribution in [3.05, 3.63) is 34.7 Å². The summed E-state index contributed by atoms with van der Waals surface area (Å²) in [5.74, 6) is 0. The summed E-state index contributed by atoms with van der Waals surface area (Å²) in [6.45, 7) is 1.81. The fourth-order valence-corrected chi connectivity index (χ4v) is 1.43. The molecule has 13 heavy (non-hydrogen) atoms. The minimum atomic E-state index is 0.562. The highest BCUT2D eigenvalue weighted by molar-refractivity contribution is 6.30. The molecule has 0 unspecified atom stereocenters. The van der Waals surface area contributed by atoms with Crippen molar-refractivity contribution in [3.8, 4) is 6.07 Å². The van der Waals surface area contributed by atoms with Gasteiger partial charge in [0, 0.05) is 17.3 Å². The molecular formula is C9H6ClN3. The Hall–Kier alpha value is -1.53. The van der Waals surface area contributed by atoms with E-state index in [-0.39, 0.29) is 0 Å². The van der Waals surface area contributed by atoms with Gasteiger partial charge >= 0.3 is 0 Å². The van der Waals surface area contributed by atoms with Crippen LogP contribution < -0.4 is 0 Å². The number of fused-ring (bicyclic) bond motifs is 1. The molecule has 2 aromatic rings. The fourth-order valence-electron chi connectivity index (χ4n) is 1.27. The zero-order valence-corrected chi connectivity index (χ0v) is 7.71. The number of halogens is 1. The summed E-state index contributed by atoms with van der Waals surface area (Å²) in [5, 5.41) is 9.46. The molecular weight excluding hydrogens is 186 g/mol. The van der Waals surface area contributed by atoms with E-state index in [0.29, 0.717) is 16.4 Å². The molecule has 0 aliphatic heterocycles. The van der Waals surface area contributed by atoms with Crippen molar-refractivity contribution in [3.63, 3.8) is 0 Å². The van der Waals surface area contributed by atoms with Crippen molar-refractivity contribution in [1.82, 2.24) is 9.38 Å². The zero-order chi connectivity index (χ0) is 9.42. The first-order valence-electron chi connectivity index (χ1n) is 3.76. The molecule has 0 bridgehead atoms. The number of nitrogens with zero attached hydrogens (tertiary/aromatic N) is 3. The van der Waals surface area contributed by atoms with Gasteiger partial charge in [-0.2, -0.15) is 5.26 Å². The molecule has 64 valence electrons. The molecule has 0 aliphatic rings. The van der Waals surface area contributed by atoms with Crippen molar-refractivity contribution < 1.29 is 0 Å². The first kappa shape index (κ1) is 8.09. The van der Waals surface area contributed by atoms with E-state index >= 15 is 0 Å². The molecule has 2 heterocycles. The van der Waals surface area contributed by atoms with Gasteiger partial charge in [-0.15, -0.1) is 0 Å². The van der Waals surface area contributed by atoms with E-state index in [4.69, 9.17) is 16.9 Å². The van der Waals surface area contributed by atoms with Gasteiger partial charge in [0.15, 0.2) is 0 Å². The third kappa shape index (κ3) is 1.16. The van der Waals surface area contributed by atoms with E-state index in [1.165, 1.54) is 0 Å². The topological polar surface area (TPSA) is 41.1 Å². The minimum absolute atomic E-state index is 0.562. The summed E-state index contributed by atoms with van der Waals surface area (Å²) in [6.07, 6.45) is 1.75. The maximum atomic E-state index is 8.83. The Kier molecular flexibility index (Phi) is 1.71. The van der Waals surface area contributed by atoms with Gasteiger partial charge in [0.25, 0.3) is 0 Å². The van der Waals surface area contributed by atoms with Crippen LogP contribution in [0.3, 0.4) is 0 Å². The monoisotopic (exact) mass is 191 g/mol. The summed E-state index contributed by atoms with van der Waals surface area (Å²) < 4.78 is 1.72. The third-order valence-electron chi connectivity index (χ3n) is 1.87. The normalized spacial score (nSPS) is 10.2. The van der Waals surface area contributed by atoms with Gasteiger partial charge in [0.1, 0.15) is 17.4 Å². The second kappa shape index (κ2) is 2.75. The zero-order valence-electron chi connectivity index (χ0n) is 6.95. The summed E-state index contributed by atoms with van der Waals surface area (Å²) in [5.41, 5.74) is 2.00. The molecule has 2 rings (SSSR count). The van der Waals surface area contributed by atoms with Crippen molar-refractivity contribution in [2.75, 3.05) is 0 Å². The Morgan fingerprint density at radius 3 is 3.08 bits per heavy atom. The van der Waals surface area contributed by atoms with Gasteiger partial charge in [-0.3, -0.25) is 4.40 Å². The third-order valence-corrected chi connectivity index (χ3v) is 2.10. The number of aryl methyl sites for hydroxylation is 1. The molecule has 0 saturated heterocycles. The number of imidazole rings is 1. The molecule has 0 amide bonds. The van der Waals surface area contributed by atoms with Crippen LogP contribution in [0, 0.1) is 18.3 Å². The molecule has 2 aromatic heterocycles. The molecule has 0 atom stereocenters. The molecule has 4 heteroatoms. The fraction of sp³-hybridized carbons (Fsp3) is 0.111. The van der Waals surface area contributed by atoms with Crippen LogP contribution in [0.2, 0.25) is 5.02 Å². The summed E-state index contributed by atoms with van der Waals surface area (Å²) in [4.78, 5) is 4.20. The lowest BCUT2D eigenvalue weighted by Crippen LogP contribution is -1.87. The van der Waals surface area contributed by atoms with E-state index in [1.807, 2.05) is 0 Å². The van der Waals surface area contributed by atoms with Gasteiger partial charge in [-0.25, -0.2) is 4.98 Å². The summed E-state index contributed by atoms with van der Waals surface area (Å²) >= 11 is 5.79. The van der Waals surface area contributed by atoms with E-state index in [0.717, 1.165) is 5.69 Å². The molecule has 0 saturated carbocycles. The van der Waals surface area contributed by atoms with Crippen molar-refractivity contribution >= 4 is 17.2 Å². The Balaban J connectivity index is 2.88. The highest BCUT2D eigenvalue weighted by atomic mass is 35.5. The van der Waals surface area contributed by atoms with E-state index in [1.54, 1.807) is 29.7 Å². The average Bonchev–Trinajstić information content (AvgIpc) is 2.39. The van der Waals surface area contributed by atoms with Gasteiger partial charge < -0.3 is 0 Å². The first-order valence-corrected chi connectivity index (χ1v) is 4.14. The standard InChI is InChI=1S/C9H6ClN3/c1-6-8(5-11)13-3-2-7(10)4-9(13)12-6/h2-4H,1H3. The molecule has 0 N–H and O–H groups in total. The second-order valence-electron chi connectivity index (χ2n) is 2.73. The lowest BCUT2D eigenvalue weighted by Gasteiger charge is -1.93. The lowest BCUT2D eigenvalue weighted by atomic mass is 10.4. The van der Waals surface area contributed by atoms with Gasteiger partial charge in [0.2, 0.25) is 0 Å². The Labute approximate surface area is 80.2 Å². The van der Waals surface area contributed by atoms with Crippen LogP contribution in [0.4, 0.5) is 0 Å². The van der Waals surface area contributed by atoms with Crippen LogP contribution in [-0.4, -0.2) is 9.38 Å². The lowest BCUT2D eigenvalue weighted by molar-refractivity contribution is 1.14.